The summed E-state index contributed by atoms with van der Waals surface area (Å²) in [4.78, 5) is 16.1. The van der Waals surface area contributed by atoms with E-state index in [4.69, 9.17) is 0 Å². The van der Waals surface area contributed by atoms with Gasteiger partial charge in [0.15, 0.2) is 0 Å². The topological polar surface area (TPSA) is 69.7 Å². The third kappa shape index (κ3) is 3.54. The van der Waals surface area contributed by atoms with Crippen LogP contribution in [0.25, 0.3) is 0 Å². The van der Waals surface area contributed by atoms with Crippen LogP contribution in [-0.4, -0.2) is 47.3 Å². The quantitative estimate of drug-likeness (QED) is 0.890. The van der Waals surface area contributed by atoms with Crippen molar-refractivity contribution in [2.45, 2.75) is 6.92 Å². The van der Waals surface area contributed by atoms with Crippen LogP contribution < -0.4 is 14.5 Å². The normalized spacial score (nSPS) is 19.1. The molecule has 1 N–H and O–H groups in total. The fourth-order valence-corrected chi connectivity index (χ4v) is 3.22. The summed E-state index contributed by atoms with van der Waals surface area (Å²) in [6.45, 7) is 3.38. The first kappa shape index (κ1) is 15.8. The summed E-state index contributed by atoms with van der Waals surface area (Å²) < 4.78 is 25.4. The standard InChI is InChI=1S/C14H21N3O3S/c1-11-8-16(3)12-6-4-5-7-13(12)17(9-11)14(18)10-21(19,20)15-2/h4-7,11,15H,8-10H2,1-3H3/t11-/m1/s1. The van der Waals surface area contributed by atoms with Crippen molar-refractivity contribution >= 4 is 27.3 Å². The van der Waals surface area contributed by atoms with Crippen LogP contribution in [0, 0.1) is 5.92 Å². The minimum atomic E-state index is -3.57. The number of anilines is 2. The largest absolute Gasteiger partial charge is 0.373 e. The van der Waals surface area contributed by atoms with Gasteiger partial charge in [0.05, 0.1) is 11.4 Å². The number of fused-ring (bicyclic) bond motifs is 1. The highest BCUT2D eigenvalue weighted by Crippen LogP contribution is 2.32. The minimum absolute atomic E-state index is 0.253. The average Bonchev–Trinajstić information content (AvgIpc) is 2.56. The van der Waals surface area contributed by atoms with Gasteiger partial charge in [-0.3, -0.25) is 4.79 Å². The van der Waals surface area contributed by atoms with Crippen LogP contribution in [0.2, 0.25) is 0 Å². The molecule has 1 aliphatic heterocycles. The van der Waals surface area contributed by atoms with Crippen LogP contribution in [-0.2, 0) is 14.8 Å². The number of rotatable bonds is 3. The number of hydrogen-bond acceptors (Lipinski definition) is 4. The second kappa shape index (κ2) is 6.03. The Morgan fingerprint density at radius 3 is 2.52 bits per heavy atom. The van der Waals surface area contributed by atoms with Gasteiger partial charge >= 0.3 is 0 Å². The van der Waals surface area contributed by atoms with E-state index in [9.17, 15) is 13.2 Å². The van der Waals surface area contributed by atoms with Crippen LogP contribution in [0.15, 0.2) is 24.3 Å². The smallest absolute Gasteiger partial charge is 0.243 e. The first-order valence-electron chi connectivity index (χ1n) is 6.86. The number of sulfonamides is 1. The van der Waals surface area contributed by atoms with Crippen molar-refractivity contribution in [1.82, 2.24) is 4.72 Å². The Balaban J connectivity index is 2.37. The van der Waals surface area contributed by atoms with E-state index in [2.05, 4.69) is 16.5 Å². The minimum Gasteiger partial charge on any atom is -0.373 e. The molecule has 0 bridgehead atoms. The molecular weight excluding hydrogens is 290 g/mol. The van der Waals surface area contributed by atoms with Gasteiger partial charge in [0, 0.05) is 20.1 Å². The molecule has 0 saturated carbocycles. The Kier molecular flexibility index (Phi) is 4.53. The number of amides is 1. The zero-order valence-electron chi connectivity index (χ0n) is 12.5. The molecule has 2 rings (SSSR count). The maximum Gasteiger partial charge on any atom is 0.243 e. The lowest BCUT2D eigenvalue weighted by Gasteiger charge is -2.24. The van der Waals surface area contributed by atoms with Crippen molar-refractivity contribution in [2.75, 3.05) is 42.7 Å². The monoisotopic (exact) mass is 311 g/mol. The molecule has 0 aromatic heterocycles. The summed E-state index contributed by atoms with van der Waals surface area (Å²) in [7, 11) is -0.274. The molecule has 1 aromatic rings. The van der Waals surface area contributed by atoms with Crippen LogP contribution in [0.3, 0.4) is 0 Å². The van der Waals surface area contributed by atoms with E-state index in [1.54, 1.807) is 4.90 Å². The second-order valence-corrected chi connectivity index (χ2v) is 7.37. The lowest BCUT2D eigenvalue weighted by atomic mass is 10.1. The highest BCUT2D eigenvalue weighted by molar-refractivity contribution is 7.90. The highest BCUT2D eigenvalue weighted by atomic mass is 32.2. The zero-order chi connectivity index (χ0) is 15.6. The van der Waals surface area contributed by atoms with E-state index in [0.29, 0.717) is 6.54 Å². The molecule has 0 radical (unpaired) electrons. The summed E-state index contributed by atoms with van der Waals surface area (Å²) in [5, 5.41) is 0. The number of carbonyl (C=O) groups is 1. The lowest BCUT2D eigenvalue weighted by Crippen LogP contribution is -2.40. The molecule has 0 saturated heterocycles. The Labute approximate surface area is 125 Å². The fraction of sp³-hybridized carbons (Fsp3) is 0.500. The number of nitrogens with one attached hydrogen (secondary N) is 1. The van der Waals surface area contributed by atoms with E-state index in [1.165, 1.54) is 7.05 Å². The van der Waals surface area contributed by atoms with Crippen molar-refractivity contribution in [3.8, 4) is 0 Å². The summed E-state index contributed by atoms with van der Waals surface area (Å²) in [5.74, 6) is -0.684. The molecule has 1 aromatic carbocycles. The average molecular weight is 311 g/mol. The van der Waals surface area contributed by atoms with Gasteiger partial charge in [-0.25, -0.2) is 13.1 Å². The van der Waals surface area contributed by atoms with E-state index in [-0.39, 0.29) is 5.92 Å². The second-order valence-electron chi connectivity index (χ2n) is 5.44. The molecule has 116 valence electrons. The summed E-state index contributed by atoms with van der Waals surface area (Å²) in [5.41, 5.74) is 1.71. The van der Waals surface area contributed by atoms with Gasteiger partial charge in [0.1, 0.15) is 5.75 Å². The van der Waals surface area contributed by atoms with E-state index < -0.39 is 21.7 Å². The van der Waals surface area contributed by atoms with Crippen molar-refractivity contribution in [1.29, 1.82) is 0 Å². The molecule has 0 fully saturated rings. The molecule has 21 heavy (non-hydrogen) atoms. The maximum absolute atomic E-state index is 12.4. The molecule has 1 atom stereocenters. The Morgan fingerprint density at radius 1 is 1.29 bits per heavy atom. The number of carbonyl (C=O) groups excluding carboxylic acids is 1. The molecule has 7 heteroatoms. The molecule has 0 aliphatic carbocycles. The zero-order valence-corrected chi connectivity index (χ0v) is 13.4. The number of benzene rings is 1. The number of hydrogen-bond donors (Lipinski definition) is 1. The third-order valence-corrected chi connectivity index (χ3v) is 4.84. The van der Waals surface area contributed by atoms with Crippen molar-refractivity contribution < 1.29 is 13.2 Å². The van der Waals surface area contributed by atoms with Crippen LogP contribution in [0.1, 0.15) is 6.92 Å². The Morgan fingerprint density at radius 2 is 1.90 bits per heavy atom. The van der Waals surface area contributed by atoms with Gasteiger partial charge in [-0.2, -0.15) is 0 Å². The first-order valence-corrected chi connectivity index (χ1v) is 8.51. The third-order valence-electron chi connectivity index (χ3n) is 3.59. The van der Waals surface area contributed by atoms with Gasteiger partial charge in [-0.05, 0) is 25.1 Å². The maximum atomic E-state index is 12.4. The van der Waals surface area contributed by atoms with Crippen LogP contribution >= 0.6 is 0 Å². The molecule has 1 amide bonds. The Hall–Kier alpha value is -1.60. The lowest BCUT2D eigenvalue weighted by molar-refractivity contribution is -0.116. The summed E-state index contributed by atoms with van der Waals surface area (Å²) >= 11 is 0. The van der Waals surface area contributed by atoms with Gasteiger partial charge in [0.25, 0.3) is 0 Å². The summed E-state index contributed by atoms with van der Waals surface area (Å²) in [6.07, 6.45) is 0. The highest BCUT2D eigenvalue weighted by Gasteiger charge is 2.28. The van der Waals surface area contributed by atoms with Gasteiger partial charge < -0.3 is 9.80 Å². The molecule has 6 nitrogen and oxygen atoms in total. The molecule has 0 spiro atoms. The first-order chi connectivity index (χ1) is 9.84. The van der Waals surface area contributed by atoms with Gasteiger partial charge in [-0.1, -0.05) is 19.1 Å². The van der Waals surface area contributed by atoms with Crippen molar-refractivity contribution in [3.05, 3.63) is 24.3 Å². The Bertz CT molecular complexity index is 630. The van der Waals surface area contributed by atoms with E-state index in [0.717, 1.165) is 17.9 Å². The van der Waals surface area contributed by atoms with Gasteiger partial charge in [-0.15, -0.1) is 0 Å². The molecule has 0 unspecified atom stereocenters. The van der Waals surface area contributed by atoms with Crippen molar-refractivity contribution in [3.63, 3.8) is 0 Å². The molecule has 1 heterocycles. The van der Waals surface area contributed by atoms with Crippen molar-refractivity contribution in [2.24, 2.45) is 5.92 Å². The predicted octanol–water partition coefficient (Wildman–Crippen LogP) is 0.655. The van der Waals surface area contributed by atoms with Gasteiger partial charge in [0.2, 0.25) is 15.9 Å². The van der Waals surface area contributed by atoms with E-state index in [1.807, 2.05) is 31.3 Å². The van der Waals surface area contributed by atoms with Crippen LogP contribution in [0.4, 0.5) is 11.4 Å². The predicted molar refractivity (Wildman–Crippen MR) is 84.1 cm³/mol. The molecular formula is C14H21N3O3S. The molecule has 1 aliphatic rings. The summed E-state index contributed by atoms with van der Waals surface area (Å²) in [6, 6.07) is 7.57. The fourth-order valence-electron chi connectivity index (χ4n) is 2.60. The number of nitrogens with zero attached hydrogens (tertiary/aromatic N) is 2. The SMILES string of the molecule is CNS(=O)(=O)CC(=O)N1C[C@H](C)CN(C)c2ccccc21. The number of para-hydroxylation sites is 2. The van der Waals surface area contributed by atoms with Crippen LogP contribution in [0.5, 0.6) is 0 Å². The van der Waals surface area contributed by atoms with E-state index >= 15 is 0 Å².